The maximum Gasteiger partial charge on any atom is 0.265 e. The van der Waals surface area contributed by atoms with Crippen LogP contribution in [0.2, 0.25) is 0 Å². The van der Waals surface area contributed by atoms with E-state index in [0.717, 1.165) is 17.4 Å². The zero-order chi connectivity index (χ0) is 20.9. The molecule has 3 aromatic heterocycles. The number of carbonyl (C=O) groups is 1. The summed E-state index contributed by atoms with van der Waals surface area (Å²) >= 11 is 1.16. The van der Waals surface area contributed by atoms with Gasteiger partial charge in [0, 0.05) is 12.7 Å². The molecule has 1 N–H and O–H groups in total. The van der Waals surface area contributed by atoms with E-state index in [1.54, 1.807) is 24.1 Å². The monoisotopic (exact) mass is 426 g/mol. The topological polar surface area (TPSA) is 117 Å². The highest BCUT2D eigenvalue weighted by atomic mass is 32.2. The summed E-state index contributed by atoms with van der Waals surface area (Å²) in [6, 6.07) is 9.05. The van der Waals surface area contributed by atoms with Crippen molar-refractivity contribution in [3.8, 4) is 11.4 Å². The normalized spacial score (nSPS) is 12.1. The fraction of sp³-hybridized carbons (Fsp3) is 0.211. The maximum atomic E-state index is 12.6. The molecule has 154 valence electrons. The van der Waals surface area contributed by atoms with Crippen molar-refractivity contribution in [2.75, 3.05) is 19.0 Å². The van der Waals surface area contributed by atoms with E-state index in [0.29, 0.717) is 34.2 Å². The average Bonchev–Trinajstić information content (AvgIpc) is 3.43. The SMILES string of the molecule is CCOC(Sc1ncnc2c1cnn2-c1ccccc1OC)C(=O)Nc1ccon1. The Balaban J connectivity index is 1.65. The van der Waals surface area contributed by atoms with E-state index >= 15 is 0 Å². The van der Waals surface area contributed by atoms with Crippen LogP contribution in [0.4, 0.5) is 5.82 Å². The number of hydrogen-bond donors (Lipinski definition) is 1. The molecule has 0 bridgehead atoms. The zero-order valence-electron chi connectivity index (χ0n) is 16.2. The molecule has 0 saturated heterocycles. The van der Waals surface area contributed by atoms with Crippen LogP contribution in [-0.2, 0) is 9.53 Å². The van der Waals surface area contributed by atoms with Crippen molar-refractivity contribution >= 4 is 34.5 Å². The Morgan fingerprint density at radius 1 is 1.30 bits per heavy atom. The molecule has 0 spiro atoms. The van der Waals surface area contributed by atoms with Crippen LogP contribution in [0.25, 0.3) is 16.7 Å². The van der Waals surface area contributed by atoms with Crippen LogP contribution in [0.15, 0.2) is 58.7 Å². The Hall–Kier alpha value is -3.44. The second kappa shape index (κ2) is 8.93. The Morgan fingerprint density at radius 3 is 2.93 bits per heavy atom. The minimum absolute atomic E-state index is 0.308. The number of fused-ring (bicyclic) bond motifs is 1. The van der Waals surface area contributed by atoms with Crippen LogP contribution in [0.5, 0.6) is 5.75 Å². The number of benzene rings is 1. The van der Waals surface area contributed by atoms with Gasteiger partial charge in [-0.1, -0.05) is 29.1 Å². The second-order valence-corrected chi connectivity index (χ2v) is 6.97. The third-order valence-electron chi connectivity index (χ3n) is 4.08. The first-order chi connectivity index (χ1) is 14.7. The van der Waals surface area contributed by atoms with Gasteiger partial charge in [-0.15, -0.1) is 0 Å². The van der Waals surface area contributed by atoms with Crippen LogP contribution in [0.1, 0.15) is 6.92 Å². The van der Waals surface area contributed by atoms with Crippen molar-refractivity contribution in [2.24, 2.45) is 0 Å². The number of amides is 1. The van der Waals surface area contributed by atoms with Gasteiger partial charge in [-0.25, -0.2) is 14.6 Å². The van der Waals surface area contributed by atoms with Crippen LogP contribution in [0, 0.1) is 0 Å². The maximum absolute atomic E-state index is 12.6. The molecule has 3 heterocycles. The van der Waals surface area contributed by atoms with E-state index < -0.39 is 5.44 Å². The molecule has 1 unspecified atom stereocenters. The van der Waals surface area contributed by atoms with Gasteiger partial charge in [-0.3, -0.25) is 4.79 Å². The van der Waals surface area contributed by atoms with E-state index in [4.69, 9.17) is 14.0 Å². The molecule has 1 atom stereocenters. The molecule has 11 heteroatoms. The van der Waals surface area contributed by atoms with E-state index in [1.807, 2.05) is 31.2 Å². The van der Waals surface area contributed by atoms with Crippen LogP contribution >= 0.6 is 11.8 Å². The van der Waals surface area contributed by atoms with Gasteiger partial charge in [-0.05, 0) is 19.1 Å². The summed E-state index contributed by atoms with van der Waals surface area (Å²) in [6.45, 7) is 2.16. The highest BCUT2D eigenvalue weighted by Gasteiger charge is 2.24. The summed E-state index contributed by atoms with van der Waals surface area (Å²) in [4.78, 5) is 21.3. The first-order valence-electron chi connectivity index (χ1n) is 9.03. The number of para-hydroxylation sites is 2. The Bertz CT molecular complexity index is 1150. The number of nitrogens with one attached hydrogen (secondary N) is 1. The average molecular weight is 426 g/mol. The molecular formula is C19H18N6O4S. The number of anilines is 1. The minimum atomic E-state index is -0.848. The first kappa shape index (κ1) is 19.9. The van der Waals surface area contributed by atoms with Gasteiger partial charge >= 0.3 is 0 Å². The Kier molecular flexibility index (Phi) is 5.91. The largest absolute Gasteiger partial charge is 0.494 e. The molecule has 0 aliphatic carbocycles. The van der Waals surface area contributed by atoms with E-state index in [-0.39, 0.29) is 5.91 Å². The van der Waals surface area contributed by atoms with Crippen LogP contribution in [-0.4, -0.2) is 50.0 Å². The summed E-state index contributed by atoms with van der Waals surface area (Å²) in [5, 5.41) is 12.0. The summed E-state index contributed by atoms with van der Waals surface area (Å²) in [5.41, 5.74) is 0.485. The lowest BCUT2D eigenvalue weighted by Gasteiger charge is -2.15. The summed E-state index contributed by atoms with van der Waals surface area (Å²) in [7, 11) is 1.60. The number of ether oxygens (including phenoxy) is 2. The van der Waals surface area contributed by atoms with Crippen molar-refractivity contribution in [3.05, 3.63) is 49.1 Å². The van der Waals surface area contributed by atoms with Crippen LogP contribution < -0.4 is 10.1 Å². The number of thioether (sulfide) groups is 1. The molecule has 0 radical (unpaired) electrons. The summed E-state index contributed by atoms with van der Waals surface area (Å²) in [6.07, 6.45) is 4.46. The highest BCUT2D eigenvalue weighted by molar-refractivity contribution is 8.00. The molecule has 4 aromatic rings. The number of nitrogens with zero attached hydrogens (tertiary/aromatic N) is 5. The van der Waals surface area contributed by atoms with Gasteiger partial charge in [0.05, 0.1) is 18.7 Å². The number of methoxy groups -OCH3 is 1. The molecule has 0 aliphatic heterocycles. The second-order valence-electron chi connectivity index (χ2n) is 5.92. The summed E-state index contributed by atoms with van der Waals surface area (Å²) < 4.78 is 17.5. The quantitative estimate of drug-likeness (QED) is 0.258. The molecule has 4 rings (SSSR count). The zero-order valence-corrected chi connectivity index (χ0v) is 17.0. The fourth-order valence-electron chi connectivity index (χ4n) is 2.78. The molecule has 1 amide bonds. The van der Waals surface area contributed by atoms with E-state index in [2.05, 4.69) is 25.5 Å². The van der Waals surface area contributed by atoms with Gasteiger partial charge in [-0.2, -0.15) is 5.10 Å². The third-order valence-corrected chi connectivity index (χ3v) is 5.20. The van der Waals surface area contributed by atoms with Crippen molar-refractivity contribution in [2.45, 2.75) is 17.4 Å². The van der Waals surface area contributed by atoms with Crippen LogP contribution in [0.3, 0.4) is 0 Å². The molecular weight excluding hydrogens is 408 g/mol. The number of carbonyl (C=O) groups excluding carboxylic acids is 1. The number of hydrogen-bond acceptors (Lipinski definition) is 9. The number of aromatic nitrogens is 5. The minimum Gasteiger partial charge on any atom is -0.494 e. The molecule has 0 saturated carbocycles. The Labute approximate surface area is 175 Å². The predicted octanol–water partition coefficient (Wildman–Crippen LogP) is 2.91. The van der Waals surface area contributed by atoms with E-state index in [9.17, 15) is 4.79 Å². The predicted molar refractivity (Wildman–Crippen MR) is 110 cm³/mol. The summed E-state index contributed by atoms with van der Waals surface area (Å²) in [5.74, 6) is 0.594. The lowest BCUT2D eigenvalue weighted by Crippen LogP contribution is -2.28. The Morgan fingerprint density at radius 2 is 2.17 bits per heavy atom. The standard InChI is InChI=1S/C19H18N6O4S/c1-3-28-19(17(26)23-15-8-9-29-24-15)30-18-12-10-22-25(16(12)20-11-21-18)13-6-4-5-7-14(13)27-2/h4-11,19H,3H2,1-2H3,(H,23,24,26). The van der Waals surface area contributed by atoms with Crippen molar-refractivity contribution < 1.29 is 18.8 Å². The van der Waals surface area contributed by atoms with Gasteiger partial charge in [0.15, 0.2) is 16.9 Å². The lowest BCUT2D eigenvalue weighted by atomic mass is 10.3. The van der Waals surface area contributed by atoms with Gasteiger partial charge in [0.25, 0.3) is 5.91 Å². The molecule has 0 aliphatic rings. The molecule has 30 heavy (non-hydrogen) atoms. The molecule has 0 fully saturated rings. The molecule has 10 nitrogen and oxygen atoms in total. The third kappa shape index (κ3) is 3.98. The van der Waals surface area contributed by atoms with Gasteiger partial charge < -0.3 is 19.3 Å². The first-order valence-corrected chi connectivity index (χ1v) is 9.91. The van der Waals surface area contributed by atoms with E-state index in [1.165, 1.54) is 12.6 Å². The van der Waals surface area contributed by atoms with Crippen molar-refractivity contribution in [1.82, 2.24) is 24.9 Å². The van der Waals surface area contributed by atoms with Gasteiger partial charge in [0.2, 0.25) is 0 Å². The van der Waals surface area contributed by atoms with Crippen molar-refractivity contribution in [3.63, 3.8) is 0 Å². The smallest absolute Gasteiger partial charge is 0.265 e. The highest BCUT2D eigenvalue weighted by Crippen LogP contribution is 2.31. The number of rotatable bonds is 8. The van der Waals surface area contributed by atoms with Gasteiger partial charge in [0.1, 0.15) is 29.1 Å². The lowest BCUT2D eigenvalue weighted by molar-refractivity contribution is -0.122. The molecule has 1 aromatic carbocycles. The fourth-order valence-corrected chi connectivity index (χ4v) is 3.73. The van der Waals surface area contributed by atoms with Crippen molar-refractivity contribution in [1.29, 1.82) is 0 Å².